The molecule has 0 radical (unpaired) electrons. The number of rotatable bonds is 2. The Morgan fingerprint density at radius 2 is 1.58 bits per heavy atom. The molecule has 1 aromatic carbocycles. The second-order valence-corrected chi connectivity index (χ2v) is 8.09. The van der Waals surface area contributed by atoms with Crippen LogP contribution in [0.3, 0.4) is 0 Å². The van der Waals surface area contributed by atoms with Gasteiger partial charge in [-0.3, -0.25) is 4.79 Å². The van der Waals surface area contributed by atoms with E-state index in [9.17, 15) is 4.79 Å². The first kappa shape index (κ1) is 13.0. The standard InChI is InChI=1S/C16H21O2S/c1-12(17)18-13-8-10-16(11-9-13)19-14-4-2-5-15(19)7-3-6-14/h8-11,14-15H,2-7H2,1H3/q+1. The minimum absolute atomic E-state index is 0.246. The van der Waals surface area contributed by atoms with E-state index in [1.807, 2.05) is 12.1 Å². The second kappa shape index (κ2) is 5.58. The highest BCUT2D eigenvalue weighted by molar-refractivity contribution is 7.98. The third-order valence-corrected chi connectivity index (χ3v) is 7.38. The number of fused-ring (bicyclic) bond motifs is 2. The van der Waals surface area contributed by atoms with Gasteiger partial charge in [-0.2, -0.15) is 0 Å². The molecule has 2 aliphatic heterocycles. The Morgan fingerprint density at radius 3 is 2.05 bits per heavy atom. The number of carbonyl (C=O) groups excluding carboxylic acids is 1. The zero-order chi connectivity index (χ0) is 13.2. The topological polar surface area (TPSA) is 26.3 Å². The first-order valence-electron chi connectivity index (χ1n) is 7.24. The molecule has 0 aliphatic carbocycles. The maximum atomic E-state index is 10.9. The third kappa shape index (κ3) is 2.81. The molecule has 0 spiro atoms. The molecule has 19 heavy (non-hydrogen) atoms. The molecule has 2 heterocycles. The first-order valence-corrected chi connectivity index (χ1v) is 8.59. The second-order valence-electron chi connectivity index (χ2n) is 5.54. The van der Waals surface area contributed by atoms with Crippen molar-refractivity contribution in [2.75, 3.05) is 0 Å². The van der Waals surface area contributed by atoms with Gasteiger partial charge in [-0.1, -0.05) is 0 Å². The highest BCUT2D eigenvalue weighted by atomic mass is 32.2. The van der Waals surface area contributed by atoms with Crippen molar-refractivity contribution in [2.24, 2.45) is 0 Å². The molecule has 0 unspecified atom stereocenters. The fraction of sp³-hybridized carbons (Fsp3) is 0.562. The van der Waals surface area contributed by atoms with Crippen LogP contribution in [0.1, 0.15) is 45.4 Å². The van der Waals surface area contributed by atoms with E-state index in [0.29, 0.717) is 16.6 Å². The molecule has 0 N–H and O–H groups in total. The van der Waals surface area contributed by atoms with Crippen molar-refractivity contribution in [3.63, 3.8) is 0 Å². The molecular formula is C16H21O2S+. The average Bonchev–Trinajstić information content (AvgIpc) is 2.38. The number of hydrogen-bond donors (Lipinski definition) is 0. The summed E-state index contributed by atoms with van der Waals surface area (Å²) < 4.78 is 5.11. The summed E-state index contributed by atoms with van der Waals surface area (Å²) >= 11 is 0. The van der Waals surface area contributed by atoms with Crippen molar-refractivity contribution >= 4 is 16.9 Å². The Balaban J connectivity index is 1.79. The molecule has 2 aliphatic rings. The number of esters is 1. The van der Waals surface area contributed by atoms with Gasteiger partial charge < -0.3 is 4.74 Å². The van der Waals surface area contributed by atoms with Gasteiger partial charge in [0.15, 0.2) is 4.90 Å². The van der Waals surface area contributed by atoms with E-state index in [4.69, 9.17) is 4.74 Å². The van der Waals surface area contributed by atoms with Crippen molar-refractivity contribution in [3.05, 3.63) is 24.3 Å². The predicted molar refractivity (Wildman–Crippen MR) is 78.7 cm³/mol. The van der Waals surface area contributed by atoms with Gasteiger partial charge >= 0.3 is 5.97 Å². The lowest BCUT2D eigenvalue weighted by Gasteiger charge is -2.34. The Labute approximate surface area is 117 Å². The Kier molecular flexibility index (Phi) is 3.83. The highest BCUT2D eigenvalue weighted by Gasteiger charge is 2.45. The summed E-state index contributed by atoms with van der Waals surface area (Å²) in [6, 6.07) is 8.26. The van der Waals surface area contributed by atoms with Gasteiger partial charge in [-0.15, -0.1) is 0 Å². The molecule has 102 valence electrons. The Hall–Kier alpha value is -0.960. The van der Waals surface area contributed by atoms with Gasteiger partial charge in [0, 0.05) is 17.8 Å². The molecule has 0 saturated carbocycles. The monoisotopic (exact) mass is 277 g/mol. The zero-order valence-electron chi connectivity index (χ0n) is 11.4. The quantitative estimate of drug-likeness (QED) is 0.468. The van der Waals surface area contributed by atoms with Crippen molar-refractivity contribution in [3.8, 4) is 5.75 Å². The van der Waals surface area contributed by atoms with Crippen molar-refractivity contribution in [1.82, 2.24) is 0 Å². The van der Waals surface area contributed by atoms with E-state index in [2.05, 4.69) is 12.1 Å². The third-order valence-electron chi connectivity index (χ3n) is 4.18. The molecule has 2 nitrogen and oxygen atoms in total. The molecule has 2 fully saturated rings. The van der Waals surface area contributed by atoms with Crippen LogP contribution in [0.5, 0.6) is 5.75 Å². The van der Waals surface area contributed by atoms with Crippen LogP contribution in [0.15, 0.2) is 29.2 Å². The highest BCUT2D eigenvalue weighted by Crippen LogP contribution is 2.42. The molecule has 1 aromatic rings. The molecular weight excluding hydrogens is 256 g/mol. The van der Waals surface area contributed by atoms with Crippen LogP contribution in [0, 0.1) is 0 Å². The lowest BCUT2D eigenvalue weighted by molar-refractivity contribution is -0.131. The predicted octanol–water partition coefficient (Wildman–Crippen LogP) is 3.69. The summed E-state index contributed by atoms with van der Waals surface area (Å²) in [6.45, 7) is 1.45. The molecule has 0 atom stereocenters. The SMILES string of the molecule is CC(=O)Oc1ccc([S+]2C3CCCC2CCC3)cc1. The van der Waals surface area contributed by atoms with Gasteiger partial charge in [-0.05, 0) is 62.8 Å². The molecule has 3 rings (SSSR count). The number of ether oxygens (including phenoxy) is 1. The summed E-state index contributed by atoms with van der Waals surface area (Å²) in [6.07, 6.45) is 8.47. The summed E-state index contributed by atoms with van der Waals surface area (Å²) in [7, 11) is 0.435. The summed E-state index contributed by atoms with van der Waals surface area (Å²) in [5, 5.41) is 1.82. The van der Waals surface area contributed by atoms with Crippen LogP contribution in [-0.4, -0.2) is 16.5 Å². The molecule has 2 saturated heterocycles. The molecule has 3 heteroatoms. The van der Waals surface area contributed by atoms with Crippen molar-refractivity contribution < 1.29 is 9.53 Å². The van der Waals surface area contributed by atoms with E-state index in [1.54, 1.807) is 0 Å². The van der Waals surface area contributed by atoms with Crippen LogP contribution in [0.25, 0.3) is 0 Å². The van der Waals surface area contributed by atoms with Crippen LogP contribution in [0.2, 0.25) is 0 Å². The summed E-state index contributed by atoms with van der Waals surface area (Å²) in [5.41, 5.74) is 0. The fourth-order valence-electron chi connectivity index (χ4n) is 3.43. The lowest BCUT2D eigenvalue weighted by atomic mass is 9.99. The van der Waals surface area contributed by atoms with E-state index < -0.39 is 0 Å². The number of hydrogen-bond acceptors (Lipinski definition) is 2. The largest absolute Gasteiger partial charge is 0.427 e. The van der Waals surface area contributed by atoms with Gasteiger partial charge in [0.1, 0.15) is 16.2 Å². The van der Waals surface area contributed by atoms with Crippen LogP contribution in [0.4, 0.5) is 0 Å². The van der Waals surface area contributed by atoms with Crippen molar-refractivity contribution in [2.45, 2.75) is 60.8 Å². The van der Waals surface area contributed by atoms with E-state index in [0.717, 1.165) is 10.5 Å². The van der Waals surface area contributed by atoms with Crippen LogP contribution >= 0.6 is 0 Å². The number of carbonyl (C=O) groups is 1. The minimum Gasteiger partial charge on any atom is -0.427 e. The normalized spacial score (nSPS) is 29.8. The number of benzene rings is 1. The maximum Gasteiger partial charge on any atom is 0.308 e. The lowest BCUT2D eigenvalue weighted by Crippen LogP contribution is -2.40. The molecule has 0 amide bonds. The van der Waals surface area contributed by atoms with Crippen LogP contribution < -0.4 is 4.74 Å². The average molecular weight is 277 g/mol. The summed E-state index contributed by atoms with van der Waals surface area (Å²) in [5.74, 6) is 0.423. The fourth-order valence-corrected chi connectivity index (χ4v) is 6.88. The van der Waals surface area contributed by atoms with Crippen LogP contribution in [-0.2, 0) is 15.7 Å². The van der Waals surface area contributed by atoms with Crippen molar-refractivity contribution in [1.29, 1.82) is 0 Å². The molecule has 2 bridgehead atoms. The smallest absolute Gasteiger partial charge is 0.308 e. The molecule has 0 aromatic heterocycles. The Bertz CT molecular complexity index is 432. The Morgan fingerprint density at radius 1 is 1.05 bits per heavy atom. The van der Waals surface area contributed by atoms with E-state index in [-0.39, 0.29) is 5.97 Å². The van der Waals surface area contributed by atoms with Gasteiger partial charge in [0.05, 0.1) is 0 Å². The van der Waals surface area contributed by atoms with Gasteiger partial charge in [-0.25, -0.2) is 0 Å². The minimum atomic E-state index is -0.246. The first-order chi connectivity index (χ1) is 9.24. The van der Waals surface area contributed by atoms with Gasteiger partial charge in [0.2, 0.25) is 0 Å². The van der Waals surface area contributed by atoms with Gasteiger partial charge in [0.25, 0.3) is 0 Å². The van der Waals surface area contributed by atoms with E-state index >= 15 is 0 Å². The van der Waals surface area contributed by atoms with E-state index in [1.165, 1.54) is 50.3 Å². The maximum absolute atomic E-state index is 10.9. The summed E-state index contributed by atoms with van der Waals surface area (Å²) in [4.78, 5) is 12.4. The zero-order valence-corrected chi connectivity index (χ0v) is 12.2.